The van der Waals surface area contributed by atoms with Gasteiger partial charge in [0.05, 0.1) is 5.56 Å². The molecule has 0 N–H and O–H groups in total. The van der Waals surface area contributed by atoms with Crippen molar-refractivity contribution in [2.24, 2.45) is 0 Å². The molecular weight excluding hydrogens is 430 g/mol. The summed E-state index contributed by atoms with van der Waals surface area (Å²) in [6.07, 6.45) is -1.05. The van der Waals surface area contributed by atoms with E-state index in [-0.39, 0.29) is 23.3 Å². The van der Waals surface area contributed by atoms with Crippen LogP contribution < -0.4 is 4.74 Å². The highest BCUT2D eigenvalue weighted by atomic mass is 19.3. The van der Waals surface area contributed by atoms with E-state index in [1.807, 2.05) is 6.92 Å². The fraction of sp³-hybridized carbons (Fsp3) is 0.200. The number of aryl methyl sites for hydroxylation is 1. The Hall–Kier alpha value is -3.22. The molecule has 3 aromatic carbocycles. The van der Waals surface area contributed by atoms with Gasteiger partial charge in [0.15, 0.2) is 11.6 Å². The Morgan fingerprint density at radius 3 is 2.09 bits per heavy atom. The summed E-state index contributed by atoms with van der Waals surface area (Å²) in [6, 6.07) is 8.94. The summed E-state index contributed by atoms with van der Waals surface area (Å²) in [5, 5.41) is 0. The predicted octanol–water partition coefficient (Wildman–Crippen LogP) is 7.42. The zero-order valence-corrected chi connectivity index (χ0v) is 17.0. The third-order valence-corrected chi connectivity index (χ3v) is 5.30. The molecule has 0 aromatic heterocycles. The lowest BCUT2D eigenvalue weighted by Gasteiger charge is -2.19. The zero-order valence-electron chi connectivity index (χ0n) is 17.0. The summed E-state index contributed by atoms with van der Waals surface area (Å²) in [5.41, 5.74) is 0.175. The minimum atomic E-state index is -3.98. The molecule has 4 rings (SSSR count). The predicted molar refractivity (Wildman–Crippen MR) is 109 cm³/mol. The second-order valence-electron chi connectivity index (χ2n) is 7.64. The van der Waals surface area contributed by atoms with Gasteiger partial charge in [0.2, 0.25) is 0 Å². The molecule has 0 spiro atoms. The highest BCUT2D eigenvalue weighted by Gasteiger charge is 2.37. The summed E-state index contributed by atoms with van der Waals surface area (Å²) in [5.74, 6) is -4.74. The number of hydrogen-bond donors (Lipinski definition) is 0. The molecule has 166 valence electrons. The first kappa shape index (κ1) is 22.0. The van der Waals surface area contributed by atoms with Crippen LogP contribution in [0.1, 0.15) is 41.2 Å². The standard InChI is InChI=1S/C25H18F6O/c1-2-3-14-4-6-19(7-5-14)32-25(30,31)18-12-22(28)24(23(29)13-18)17-8-15-10-20(26)21(27)11-16(15)9-17/h4-8,10-13H,2-3,9H2,1H3. The molecule has 0 saturated carbocycles. The van der Waals surface area contributed by atoms with E-state index in [1.54, 1.807) is 12.1 Å². The van der Waals surface area contributed by atoms with Crippen molar-refractivity contribution in [1.29, 1.82) is 0 Å². The minimum absolute atomic E-state index is 0.0588. The number of benzene rings is 3. The van der Waals surface area contributed by atoms with Gasteiger partial charge < -0.3 is 4.74 Å². The normalized spacial score (nSPS) is 13.2. The molecule has 1 aliphatic carbocycles. The van der Waals surface area contributed by atoms with Gasteiger partial charge in [0.25, 0.3) is 0 Å². The Balaban J connectivity index is 1.60. The smallest absolute Gasteiger partial charge is 0.426 e. The third kappa shape index (κ3) is 4.24. The van der Waals surface area contributed by atoms with E-state index in [4.69, 9.17) is 4.74 Å². The van der Waals surface area contributed by atoms with E-state index in [2.05, 4.69) is 0 Å². The summed E-state index contributed by atoms with van der Waals surface area (Å²) in [4.78, 5) is 0. The number of allylic oxidation sites excluding steroid dienone is 1. The second kappa shape index (κ2) is 8.37. The van der Waals surface area contributed by atoms with E-state index < -0.39 is 40.5 Å². The molecule has 0 unspecified atom stereocenters. The number of ether oxygens (including phenoxy) is 1. The number of rotatable bonds is 6. The summed E-state index contributed by atoms with van der Waals surface area (Å²) in [7, 11) is 0. The van der Waals surface area contributed by atoms with Crippen molar-refractivity contribution in [3.05, 3.63) is 99.6 Å². The molecule has 0 amide bonds. The molecule has 0 bridgehead atoms. The Bertz CT molecular complexity index is 1170. The molecule has 32 heavy (non-hydrogen) atoms. The van der Waals surface area contributed by atoms with Crippen LogP contribution in [0.2, 0.25) is 0 Å². The van der Waals surface area contributed by atoms with Crippen LogP contribution in [-0.2, 0) is 19.0 Å². The Kier molecular flexibility index (Phi) is 5.75. The molecule has 7 heteroatoms. The molecule has 1 nitrogen and oxygen atoms in total. The van der Waals surface area contributed by atoms with Crippen molar-refractivity contribution in [3.63, 3.8) is 0 Å². The first-order valence-corrected chi connectivity index (χ1v) is 10.0. The van der Waals surface area contributed by atoms with Crippen molar-refractivity contribution in [2.45, 2.75) is 32.3 Å². The molecule has 0 atom stereocenters. The highest BCUT2D eigenvalue weighted by Crippen LogP contribution is 2.38. The monoisotopic (exact) mass is 448 g/mol. The van der Waals surface area contributed by atoms with Gasteiger partial charge >= 0.3 is 6.11 Å². The van der Waals surface area contributed by atoms with Gasteiger partial charge in [-0.05, 0) is 71.5 Å². The van der Waals surface area contributed by atoms with Crippen LogP contribution >= 0.6 is 0 Å². The van der Waals surface area contributed by atoms with E-state index >= 15 is 0 Å². The lowest BCUT2D eigenvalue weighted by Crippen LogP contribution is -2.22. The van der Waals surface area contributed by atoms with Gasteiger partial charge in [-0.25, -0.2) is 17.6 Å². The van der Waals surface area contributed by atoms with Crippen LogP contribution in [0.15, 0.2) is 48.5 Å². The van der Waals surface area contributed by atoms with E-state index in [9.17, 15) is 26.3 Å². The molecule has 0 radical (unpaired) electrons. The maximum atomic E-state index is 14.7. The quantitative estimate of drug-likeness (QED) is 0.357. The van der Waals surface area contributed by atoms with Crippen molar-refractivity contribution in [1.82, 2.24) is 0 Å². The van der Waals surface area contributed by atoms with Crippen molar-refractivity contribution < 1.29 is 31.1 Å². The molecule has 1 aliphatic rings. The maximum Gasteiger partial charge on any atom is 0.426 e. The van der Waals surface area contributed by atoms with Crippen LogP contribution in [0, 0.1) is 23.3 Å². The molecule has 0 aliphatic heterocycles. The Morgan fingerprint density at radius 2 is 1.47 bits per heavy atom. The largest absolute Gasteiger partial charge is 0.429 e. The van der Waals surface area contributed by atoms with Gasteiger partial charge in [-0.1, -0.05) is 31.6 Å². The lowest BCUT2D eigenvalue weighted by molar-refractivity contribution is -0.185. The number of halogens is 6. The maximum absolute atomic E-state index is 14.7. The fourth-order valence-electron chi connectivity index (χ4n) is 3.76. The molecule has 0 saturated heterocycles. The van der Waals surface area contributed by atoms with E-state index in [0.29, 0.717) is 17.7 Å². The van der Waals surface area contributed by atoms with E-state index in [0.717, 1.165) is 30.5 Å². The van der Waals surface area contributed by atoms with Crippen molar-refractivity contribution >= 4 is 11.6 Å². The molecule has 3 aromatic rings. The highest BCUT2D eigenvalue weighted by molar-refractivity contribution is 5.89. The summed E-state index contributed by atoms with van der Waals surface area (Å²) < 4.78 is 90.3. The molecule has 0 fully saturated rings. The summed E-state index contributed by atoms with van der Waals surface area (Å²) >= 11 is 0. The molecule has 0 heterocycles. The summed E-state index contributed by atoms with van der Waals surface area (Å²) in [6.45, 7) is 1.99. The SMILES string of the molecule is CCCc1ccc(OC(F)(F)c2cc(F)c(C3=Cc4cc(F)c(F)cc4C3)c(F)c2)cc1. The second-order valence-corrected chi connectivity index (χ2v) is 7.64. The fourth-order valence-corrected chi connectivity index (χ4v) is 3.76. The number of fused-ring (bicyclic) bond motifs is 1. The Labute approximate surface area is 181 Å². The Morgan fingerprint density at radius 1 is 0.844 bits per heavy atom. The number of alkyl halides is 2. The van der Waals surface area contributed by atoms with Gasteiger partial charge in [-0.2, -0.15) is 8.78 Å². The first-order valence-electron chi connectivity index (χ1n) is 10.0. The lowest BCUT2D eigenvalue weighted by atomic mass is 10.00. The zero-order chi connectivity index (χ0) is 23.0. The van der Waals surface area contributed by atoms with Crippen LogP contribution in [0.5, 0.6) is 5.75 Å². The van der Waals surface area contributed by atoms with Crippen LogP contribution in [0.3, 0.4) is 0 Å². The van der Waals surface area contributed by atoms with Crippen LogP contribution in [0.25, 0.3) is 11.6 Å². The first-order chi connectivity index (χ1) is 15.2. The van der Waals surface area contributed by atoms with Crippen LogP contribution in [0.4, 0.5) is 26.3 Å². The van der Waals surface area contributed by atoms with Gasteiger partial charge in [-0.3, -0.25) is 0 Å². The number of hydrogen-bond acceptors (Lipinski definition) is 1. The van der Waals surface area contributed by atoms with Gasteiger partial charge in [-0.15, -0.1) is 0 Å². The average Bonchev–Trinajstić information content (AvgIpc) is 3.11. The minimum Gasteiger partial charge on any atom is -0.429 e. The average molecular weight is 448 g/mol. The molecular formula is C25H18F6O. The van der Waals surface area contributed by atoms with Crippen molar-refractivity contribution in [3.8, 4) is 5.75 Å². The van der Waals surface area contributed by atoms with E-state index in [1.165, 1.54) is 18.2 Å². The van der Waals surface area contributed by atoms with Crippen molar-refractivity contribution in [2.75, 3.05) is 0 Å². The van der Waals surface area contributed by atoms with Gasteiger partial charge in [0.1, 0.15) is 17.4 Å². The topological polar surface area (TPSA) is 9.23 Å². The van der Waals surface area contributed by atoms with Gasteiger partial charge in [0, 0.05) is 5.56 Å². The third-order valence-electron chi connectivity index (χ3n) is 5.30. The van der Waals surface area contributed by atoms with Crippen LogP contribution in [-0.4, -0.2) is 0 Å².